The van der Waals surface area contributed by atoms with Crippen molar-refractivity contribution in [1.29, 1.82) is 0 Å². The zero-order valence-electron chi connectivity index (χ0n) is 16.1. The molecule has 144 valence electrons. The fraction of sp³-hybridized carbons (Fsp3) is 0.250. The van der Waals surface area contributed by atoms with E-state index in [0.717, 1.165) is 22.4 Å². The highest BCUT2D eigenvalue weighted by molar-refractivity contribution is 5.95. The van der Waals surface area contributed by atoms with Gasteiger partial charge in [0.25, 0.3) is 0 Å². The number of amides is 2. The first kappa shape index (κ1) is 19.2. The molecule has 1 N–H and O–H groups in total. The second-order valence-electron chi connectivity index (χ2n) is 6.57. The van der Waals surface area contributed by atoms with Crippen molar-refractivity contribution in [3.05, 3.63) is 59.7 Å². The Hall–Kier alpha value is -3.55. The molecule has 0 unspecified atom stereocenters. The summed E-state index contributed by atoms with van der Waals surface area (Å²) in [6.45, 7) is 3.70. The molecule has 8 heteroatoms. The van der Waals surface area contributed by atoms with E-state index in [2.05, 4.69) is 20.7 Å². The third kappa shape index (κ3) is 4.59. The maximum atomic E-state index is 12.4. The van der Waals surface area contributed by atoms with E-state index < -0.39 is 0 Å². The van der Waals surface area contributed by atoms with Crippen LogP contribution in [0, 0.1) is 13.8 Å². The third-order valence-electron chi connectivity index (χ3n) is 4.31. The van der Waals surface area contributed by atoms with Crippen molar-refractivity contribution in [1.82, 2.24) is 25.1 Å². The number of carbonyl (C=O) groups excluding carboxylic acids is 2. The summed E-state index contributed by atoms with van der Waals surface area (Å²) in [5.74, 6) is -0.0951. The summed E-state index contributed by atoms with van der Waals surface area (Å²) in [6, 6.07) is 15.2. The number of rotatable bonds is 6. The number of carbonyl (C=O) groups is 2. The molecule has 3 rings (SSSR count). The minimum Gasteiger partial charge on any atom is -0.335 e. The molecular weight excluding hydrogens is 356 g/mol. The molecule has 8 nitrogen and oxygen atoms in total. The van der Waals surface area contributed by atoms with Crippen LogP contribution >= 0.6 is 0 Å². The maximum absolute atomic E-state index is 12.4. The smallest absolute Gasteiger partial charge is 0.246 e. The van der Waals surface area contributed by atoms with E-state index in [9.17, 15) is 9.59 Å². The van der Waals surface area contributed by atoms with Crippen LogP contribution < -0.4 is 5.32 Å². The minimum atomic E-state index is -0.284. The molecule has 0 aliphatic heterocycles. The normalized spacial score (nSPS) is 10.5. The molecular formula is C20H22N6O2. The first-order chi connectivity index (χ1) is 13.4. The van der Waals surface area contributed by atoms with Gasteiger partial charge in [0.15, 0.2) is 0 Å². The van der Waals surface area contributed by atoms with Crippen LogP contribution in [0.3, 0.4) is 0 Å². The lowest BCUT2D eigenvalue weighted by molar-refractivity contribution is -0.134. The highest BCUT2D eigenvalue weighted by Gasteiger charge is 2.16. The first-order valence-corrected chi connectivity index (χ1v) is 8.87. The van der Waals surface area contributed by atoms with E-state index in [1.54, 1.807) is 7.05 Å². The van der Waals surface area contributed by atoms with E-state index in [0.29, 0.717) is 5.82 Å². The first-order valence-electron chi connectivity index (χ1n) is 8.87. The molecule has 0 saturated carbocycles. The number of aryl methyl sites for hydroxylation is 2. The molecule has 0 spiro atoms. The van der Waals surface area contributed by atoms with Crippen LogP contribution in [0.1, 0.15) is 11.1 Å². The Bertz CT molecular complexity index is 963. The Balaban J connectivity index is 1.57. The third-order valence-corrected chi connectivity index (χ3v) is 4.31. The lowest BCUT2D eigenvalue weighted by Crippen LogP contribution is -2.37. The molecule has 2 aromatic carbocycles. The molecule has 0 bridgehead atoms. The predicted molar refractivity (Wildman–Crippen MR) is 105 cm³/mol. The molecule has 1 heterocycles. The van der Waals surface area contributed by atoms with Gasteiger partial charge in [-0.3, -0.25) is 9.59 Å². The molecule has 0 fully saturated rings. The number of likely N-dealkylation sites (N-methyl/N-ethyl adjacent to an activating group) is 1. The predicted octanol–water partition coefficient (Wildman–Crippen LogP) is 2.05. The largest absolute Gasteiger partial charge is 0.335 e. The molecule has 0 aliphatic carbocycles. The number of aromatic nitrogens is 4. The van der Waals surface area contributed by atoms with Crippen LogP contribution in [-0.4, -0.2) is 50.5 Å². The molecule has 0 saturated heterocycles. The SMILES string of the molecule is Cc1cccc(C)c1NC(=O)CN(C)C(=O)Cn1nnc(-c2ccccc2)n1. The van der Waals surface area contributed by atoms with Gasteiger partial charge in [0.05, 0.1) is 6.54 Å². The Morgan fingerprint density at radius 3 is 2.39 bits per heavy atom. The summed E-state index contributed by atoms with van der Waals surface area (Å²) in [7, 11) is 1.57. The van der Waals surface area contributed by atoms with E-state index in [1.165, 1.54) is 9.70 Å². The van der Waals surface area contributed by atoms with Crippen molar-refractivity contribution in [2.75, 3.05) is 18.9 Å². The summed E-state index contributed by atoms with van der Waals surface area (Å²) >= 11 is 0. The van der Waals surface area contributed by atoms with Gasteiger partial charge in [-0.1, -0.05) is 48.5 Å². The fourth-order valence-corrected chi connectivity index (χ4v) is 2.75. The second-order valence-corrected chi connectivity index (χ2v) is 6.57. The van der Waals surface area contributed by atoms with Gasteiger partial charge in [-0.2, -0.15) is 4.80 Å². The summed E-state index contributed by atoms with van der Waals surface area (Å²) in [5, 5.41) is 15.0. The fourth-order valence-electron chi connectivity index (χ4n) is 2.75. The number of hydrogen-bond donors (Lipinski definition) is 1. The van der Waals surface area contributed by atoms with Crippen LogP contribution in [0.2, 0.25) is 0 Å². The van der Waals surface area contributed by atoms with Crippen molar-refractivity contribution < 1.29 is 9.59 Å². The monoisotopic (exact) mass is 378 g/mol. The van der Waals surface area contributed by atoms with Crippen LogP contribution in [0.25, 0.3) is 11.4 Å². The van der Waals surface area contributed by atoms with Crippen molar-refractivity contribution >= 4 is 17.5 Å². The van der Waals surface area contributed by atoms with Crippen molar-refractivity contribution in [2.45, 2.75) is 20.4 Å². The van der Waals surface area contributed by atoms with Crippen LogP contribution in [-0.2, 0) is 16.1 Å². The molecule has 0 aliphatic rings. The number of anilines is 1. The number of nitrogens with zero attached hydrogens (tertiary/aromatic N) is 5. The summed E-state index contributed by atoms with van der Waals surface area (Å²) in [4.78, 5) is 27.3. The van der Waals surface area contributed by atoms with Gasteiger partial charge < -0.3 is 10.2 Å². The molecule has 3 aromatic rings. The average Bonchev–Trinajstić information content (AvgIpc) is 3.14. The summed E-state index contributed by atoms with van der Waals surface area (Å²) in [5.41, 5.74) is 3.55. The Labute approximate surface area is 163 Å². The van der Waals surface area contributed by atoms with Gasteiger partial charge in [-0.25, -0.2) is 0 Å². The Morgan fingerprint density at radius 1 is 1.04 bits per heavy atom. The molecule has 0 atom stereocenters. The Kier molecular flexibility index (Phi) is 5.78. The average molecular weight is 378 g/mol. The molecule has 0 radical (unpaired) electrons. The number of hydrogen-bond acceptors (Lipinski definition) is 5. The highest BCUT2D eigenvalue weighted by Crippen LogP contribution is 2.19. The van der Waals surface area contributed by atoms with Crippen molar-refractivity contribution in [3.8, 4) is 11.4 Å². The zero-order chi connectivity index (χ0) is 20.1. The van der Waals surface area contributed by atoms with Crippen LogP contribution in [0.15, 0.2) is 48.5 Å². The van der Waals surface area contributed by atoms with Gasteiger partial charge >= 0.3 is 0 Å². The zero-order valence-corrected chi connectivity index (χ0v) is 16.1. The lowest BCUT2D eigenvalue weighted by atomic mass is 10.1. The number of nitrogens with one attached hydrogen (secondary N) is 1. The second kappa shape index (κ2) is 8.43. The van der Waals surface area contributed by atoms with Crippen LogP contribution in [0.5, 0.6) is 0 Å². The molecule has 28 heavy (non-hydrogen) atoms. The van der Waals surface area contributed by atoms with Gasteiger partial charge in [-0.05, 0) is 30.2 Å². The van der Waals surface area contributed by atoms with E-state index >= 15 is 0 Å². The highest BCUT2D eigenvalue weighted by atomic mass is 16.2. The lowest BCUT2D eigenvalue weighted by Gasteiger charge is -2.17. The standard InChI is InChI=1S/C20H22N6O2/c1-14-8-7-9-15(2)19(14)21-17(27)12-25(3)18(28)13-26-23-20(22-24-26)16-10-5-4-6-11-16/h4-11H,12-13H2,1-3H3,(H,21,27). The van der Waals surface area contributed by atoms with E-state index in [1.807, 2.05) is 62.4 Å². The number of para-hydroxylation sites is 1. The van der Waals surface area contributed by atoms with E-state index in [-0.39, 0.29) is 24.9 Å². The molecule has 2 amide bonds. The topological polar surface area (TPSA) is 93.0 Å². The van der Waals surface area contributed by atoms with Crippen LogP contribution in [0.4, 0.5) is 5.69 Å². The van der Waals surface area contributed by atoms with Gasteiger partial charge in [0.2, 0.25) is 17.6 Å². The quantitative estimate of drug-likeness (QED) is 0.709. The summed E-state index contributed by atoms with van der Waals surface area (Å²) in [6.07, 6.45) is 0. The van der Waals surface area contributed by atoms with Crippen molar-refractivity contribution in [3.63, 3.8) is 0 Å². The van der Waals surface area contributed by atoms with Gasteiger partial charge in [0, 0.05) is 18.3 Å². The number of tetrazole rings is 1. The minimum absolute atomic E-state index is 0.0627. The van der Waals surface area contributed by atoms with Crippen molar-refractivity contribution in [2.24, 2.45) is 0 Å². The maximum Gasteiger partial charge on any atom is 0.246 e. The molecule has 1 aromatic heterocycles. The Morgan fingerprint density at radius 2 is 1.71 bits per heavy atom. The number of benzene rings is 2. The summed E-state index contributed by atoms with van der Waals surface area (Å²) < 4.78 is 0. The van der Waals surface area contributed by atoms with E-state index in [4.69, 9.17) is 0 Å². The van der Waals surface area contributed by atoms with Gasteiger partial charge in [-0.15, -0.1) is 10.2 Å². The van der Waals surface area contributed by atoms with Gasteiger partial charge in [0.1, 0.15) is 6.54 Å².